The fourth-order valence-electron chi connectivity index (χ4n) is 7.99. The van der Waals surface area contributed by atoms with Crippen LogP contribution >= 0.6 is 0 Å². The van der Waals surface area contributed by atoms with Crippen molar-refractivity contribution >= 4 is 5.69 Å². The molecule has 0 aliphatic carbocycles. The summed E-state index contributed by atoms with van der Waals surface area (Å²) in [5.41, 5.74) is 11.7. The first kappa shape index (κ1) is 30.1. The Hall–Kier alpha value is -5.28. The normalized spacial score (nSPS) is 15.9. The van der Waals surface area contributed by atoms with Gasteiger partial charge in [0.15, 0.2) is 0 Å². The van der Waals surface area contributed by atoms with E-state index in [1.54, 1.807) is 0 Å². The molecule has 238 valence electrons. The summed E-state index contributed by atoms with van der Waals surface area (Å²) in [6.45, 7) is 5.29. The van der Waals surface area contributed by atoms with E-state index in [1.807, 2.05) is 0 Å². The third-order valence-electron chi connectivity index (χ3n) is 10.1. The molecule has 0 aromatic heterocycles. The maximum absolute atomic E-state index is 2.59. The van der Waals surface area contributed by atoms with Gasteiger partial charge in [0, 0.05) is 31.1 Å². The molecule has 3 nitrogen and oxygen atoms in total. The standard InChI is InChI=1S/C45H43N3/c1-34-30-40(43(35-18-7-2-8-19-35)36-20-9-3-10-21-36)45(41(31-34)44(37-22-11-4-12-23-37)38-24-13-5-14-25-38)47-32-39-26-17-27-42(48(39)33-47)46-28-15-6-16-29-46/h2-5,7-14,17-27,30-32,43-44H,6,15-16,28-29,33H2,1H3. The predicted octanol–water partition coefficient (Wildman–Crippen LogP) is 10.2. The van der Waals surface area contributed by atoms with E-state index in [0.717, 1.165) is 19.8 Å². The van der Waals surface area contributed by atoms with Crippen LogP contribution in [0.5, 0.6) is 0 Å². The second kappa shape index (κ2) is 13.4. The minimum Gasteiger partial charge on any atom is -0.358 e. The van der Waals surface area contributed by atoms with Crippen LogP contribution in [0.4, 0.5) is 5.69 Å². The molecule has 0 unspecified atom stereocenters. The number of anilines is 1. The molecular weight excluding hydrogens is 583 g/mol. The van der Waals surface area contributed by atoms with Crippen LogP contribution in [0.3, 0.4) is 0 Å². The number of hydrogen-bond acceptors (Lipinski definition) is 3. The van der Waals surface area contributed by atoms with Gasteiger partial charge in [0.1, 0.15) is 12.5 Å². The second-order valence-electron chi connectivity index (χ2n) is 13.3. The lowest BCUT2D eigenvalue weighted by Crippen LogP contribution is -2.39. The van der Waals surface area contributed by atoms with E-state index in [-0.39, 0.29) is 11.8 Å². The van der Waals surface area contributed by atoms with Crippen molar-refractivity contribution in [3.63, 3.8) is 0 Å². The Bertz CT molecular complexity index is 1750. The molecule has 1 saturated heterocycles. The van der Waals surface area contributed by atoms with Gasteiger partial charge in [-0.15, -0.1) is 0 Å². The maximum Gasteiger partial charge on any atom is 0.110 e. The molecule has 3 aliphatic heterocycles. The summed E-state index contributed by atoms with van der Waals surface area (Å²) in [6, 6.07) is 49.2. The maximum atomic E-state index is 2.59. The average molecular weight is 626 g/mol. The molecule has 0 bridgehead atoms. The van der Waals surface area contributed by atoms with Crippen LogP contribution in [0.1, 0.15) is 70.0 Å². The Labute approximate surface area is 285 Å². The number of likely N-dealkylation sites (tertiary alicyclic amines) is 1. The molecule has 0 spiro atoms. The van der Waals surface area contributed by atoms with Crippen molar-refractivity contribution in [3.05, 3.63) is 208 Å². The van der Waals surface area contributed by atoms with Crippen molar-refractivity contribution in [1.29, 1.82) is 0 Å². The molecule has 0 N–H and O–H groups in total. The Balaban J connectivity index is 1.36. The van der Waals surface area contributed by atoms with Crippen LogP contribution in [-0.4, -0.2) is 29.6 Å². The van der Waals surface area contributed by atoms with Crippen molar-refractivity contribution in [2.45, 2.75) is 38.0 Å². The molecule has 5 aromatic carbocycles. The van der Waals surface area contributed by atoms with Crippen LogP contribution in [-0.2, 0) is 0 Å². The lowest BCUT2D eigenvalue weighted by atomic mass is 9.78. The number of aryl methyl sites for hydroxylation is 1. The summed E-state index contributed by atoms with van der Waals surface area (Å²) in [5, 5.41) is 0. The summed E-state index contributed by atoms with van der Waals surface area (Å²) in [6.07, 6.45) is 13.1. The van der Waals surface area contributed by atoms with Gasteiger partial charge in [-0.2, -0.15) is 0 Å². The first-order valence-electron chi connectivity index (χ1n) is 17.5. The number of allylic oxidation sites excluding steroid dienone is 3. The quantitative estimate of drug-likeness (QED) is 0.159. The highest BCUT2D eigenvalue weighted by Gasteiger charge is 2.34. The highest BCUT2D eigenvalue weighted by molar-refractivity contribution is 5.72. The van der Waals surface area contributed by atoms with E-state index in [2.05, 4.69) is 180 Å². The molecular formula is C45H43N3. The van der Waals surface area contributed by atoms with Crippen LogP contribution in [0, 0.1) is 6.92 Å². The molecule has 0 radical (unpaired) electrons. The highest BCUT2D eigenvalue weighted by Crippen LogP contribution is 2.47. The summed E-state index contributed by atoms with van der Waals surface area (Å²) >= 11 is 0. The Morgan fingerprint density at radius 1 is 0.562 bits per heavy atom. The van der Waals surface area contributed by atoms with E-state index in [0.29, 0.717) is 0 Å². The van der Waals surface area contributed by atoms with Gasteiger partial charge in [-0.25, -0.2) is 0 Å². The topological polar surface area (TPSA) is 9.72 Å². The Morgan fingerprint density at radius 3 is 1.48 bits per heavy atom. The van der Waals surface area contributed by atoms with E-state index in [4.69, 9.17) is 0 Å². The van der Waals surface area contributed by atoms with E-state index < -0.39 is 0 Å². The van der Waals surface area contributed by atoms with E-state index in [1.165, 1.54) is 75.4 Å². The van der Waals surface area contributed by atoms with Gasteiger partial charge in [0.05, 0.1) is 11.4 Å². The van der Waals surface area contributed by atoms with Gasteiger partial charge < -0.3 is 14.7 Å². The Kier molecular flexibility index (Phi) is 8.43. The van der Waals surface area contributed by atoms with Crippen LogP contribution in [0.2, 0.25) is 0 Å². The molecule has 0 saturated carbocycles. The SMILES string of the molecule is Cc1cc(C(c2ccccc2)c2ccccc2)c(N2C=C3C=CC=C(N4CCCCC4)N3C2)c(C(c2ccccc2)c2ccccc2)c1. The first-order valence-corrected chi connectivity index (χ1v) is 17.5. The largest absolute Gasteiger partial charge is 0.358 e. The van der Waals surface area contributed by atoms with E-state index in [9.17, 15) is 0 Å². The second-order valence-corrected chi connectivity index (χ2v) is 13.3. The number of nitrogens with zero attached hydrogens (tertiary/aromatic N) is 3. The van der Waals surface area contributed by atoms with Crippen LogP contribution < -0.4 is 4.90 Å². The molecule has 0 atom stereocenters. The van der Waals surface area contributed by atoms with Crippen molar-refractivity contribution in [2.75, 3.05) is 24.7 Å². The first-order chi connectivity index (χ1) is 23.7. The van der Waals surface area contributed by atoms with Gasteiger partial charge in [0.25, 0.3) is 0 Å². The highest BCUT2D eigenvalue weighted by atomic mass is 15.4. The summed E-state index contributed by atoms with van der Waals surface area (Å²) in [7, 11) is 0. The number of benzene rings is 5. The third kappa shape index (κ3) is 5.86. The van der Waals surface area contributed by atoms with Crippen molar-refractivity contribution in [2.24, 2.45) is 0 Å². The zero-order valence-electron chi connectivity index (χ0n) is 27.8. The van der Waals surface area contributed by atoms with Crippen LogP contribution in [0.25, 0.3) is 0 Å². The van der Waals surface area contributed by atoms with E-state index >= 15 is 0 Å². The molecule has 5 aromatic rings. The van der Waals surface area contributed by atoms with Gasteiger partial charge in [-0.3, -0.25) is 0 Å². The minimum absolute atomic E-state index is 0.0666. The van der Waals surface area contributed by atoms with Gasteiger partial charge in [0.2, 0.25) is 0 Å². The van der Waals surface area contributed by atoms with Crippen molar-refractivity contribution in [1.82, 2.24) is 9.80 Å². The lowest BCUT2D eigenvalue weighted by Gasteiger charge is -2.38. The molecule has 0 amide bonds. The summed E-state index contributed by atoms with van der Waals surface area (Å²) in [5.74, 6) is 1.46. The zero-order chi connectivity index (χ0) is 32.3. The van der Waals surface area contributed by atoms with Gasteiger partial charge in [-0.1, -0.05) is 145 Å². The van der Waals surface area contributed by atoms with Gasteiger partial charge in [-0.05, 0) is 71.7 Å². The monoisotopic (exact) mass is 625 g/mol. The molecule has 3 heteroatoms. The molecule has 8 rings (SSSR count). The molecule has 48 heavy (non-hydrogen) atoms. The fraction of sp³-hybridized carbons (Fsp3) is 0.200. The number of piperidine rings is 1. The summed E-state index contributed by atoms with van der Waals surface area (Å²) in [4.78, 5) is 7.66. The smallest absolute Gasteiger partial charge is 0.110 e. The number of hydrogen-bond donors (Lipinski definition) is 0. The van der Waals surface area contributed by atoms with Gasteiger partial charge >= 0.3 is 0 Å². The summed E-state index contributed by atoms with van der Waals surface area (Å²) < 4.78 is 0. The van der Waals surface area contributed by atoms with Crippen molar-refractivity contribution in [3.8, 4) is 0 Å². The molecule has 3 heterocycles. The minimum atomic E-state index is 0.0666. The Morgan fingerprint density at radius 2 is 1.02 bits per heavy atom. The lowest BCUT2D eigenvalue weighted by molar-refractivity contribution is 0.217. The fourth-order valence-corrected chi connectivity index (χ4v) is 7.99. The van der Waals surface area contributed by atoms with Crippen molar-refractivity contribution < 1.29 is 0 Å². The average Bonchev–Trinajstić information content (AvgIpc) is 3.58. The molecule has 1 fully saturated rings. The third-order valence-corrected chi connectivity index (χ3v) is 10.1. The molecule has 3 aliphatic rings. The number of fused-ring (bicyclic) bond motifs is 1. The zero-order valence-corrected chi connectivity index (χ0v) is 27.8. The van der Waals surface area contributed by atoms with Crippen LogP contribution in [0.15, 0.2) is 169 Å². The predicted molar refractivity (Wildman–Crippen MR) is 199 cm³/mol. The number of rotatable bonds is 8.